The molecule has 0 spiro atoms. The Morgan fingerprint density at radius 2 is 2.00 bits per heavy atom. The molecule has 0 amide bonds. The van der Waals surface area contributed by atoms with E-state index in [4.69, 9.17) is 4.98 Å². The Balaban J connectivity index is 2.43. The molecule has 0 saturated heterocycles. The first kappa shape index (κ1) is 13.0. The van der Waals surface area contributed by atoms with Crippen LogP contribution in [0.5, 0.6) is 0 Å². The summed E-state index contributed by atoms with van der Waals surface area (Å²) in [5, 5.41) is 4.73. The molecule has 17 heavy (non-hydrogen) atoms. The number of nitrogens with zero attached hydrogens (tertiary/aromatic N) is 1. The summed E-state index contributed by atoms with van der Waals surface area (Å²) in [6.07, 6.45) is 2.33. The van der Waals surface area contributed by atoms with E-state index in [9.17, 15) is 0 Å². The highest BCUT2D eigenvalue weighted by molar-refractivity contribution is 7.12. The van der Waals surface area contributed by atoms with Crippen LogP contribution < -0.4 is 5.32 Å². The molecule has 2 nitrogen and oxygen atoms in total. The van der Waals surface area contributed by atoms with E-state index < -0.39 is 0 Å². The van der Waals surface area contributed by atoms with Crippen LogP contribution in [0.15, 0.2) is 0 Å². The lowest BCUT2D eigenvalue weighted by molar-refractivity contribution is 0.265. The minimum Gasteiger partial charge on any atom is -0.312 e. The Morgan fingerprint density at radius 1 is 1.35 bits per heavy atom. The maximum Gasteiger partial charge on any atom is 0.0985 e. The average molecular weight is 252 g/mol. The monoisotopic (exact) mass is 252 g/mol. The summed E-state index contributed by atoms with van der Waals surface area (Å²) in [6, 6.07) is 0.488. The van der Waals surface area contributed by atoms with Crippen LogP contribution in [0.25, 0.3) is 0 Å². The van der Waals surface area contributed by atoms with E-state index in [-0.39, 0.29) is 5.41 Å². The molecule has 3 heteroatoms. The number of hydrogen-bond acceptors (Lipinski definition) is 3. The van der Waals surface area contributed by atoms with Crippen molar-refractivity contribution >= 4 is 11.3 Å². The molecule has 1 heterocycles. The molecule has 0 aromatic carbocycles. The lowest BCUT2D eigenvalue weighted by Crippen LogP contribution is -2.30. The normalized spacial score (nSPS) is 23.5. The maximum atomic E-state index is 4.89. The average Bonchev–Trinajstić information content (AvgIpc) is 2.57. The van der Waals surface area contributed by atoms with E-state index in [1.54, 1.807) is 0 Å². The highest BCUT2D eigenvalue weighted by Gasteiger charge is 2.35. The molecule has 1 unspecified atom stereocenters. The Bertz CT molecular complexity index is 412. The van der Waals surface area contributed by atoms with Crippen LogP contribution in [-0.2, 0) is 11.8 Å². The summed E-state index contributed by atoms with van der Waals surface area (Å²) in [5.74, 6) is 0. The number of fused-ring (bicyclic) bond motifs is 1. The summed E-state index contributed by atoms with van der Waals surface area (Å²) in [5.41, 5.74) is 1.87. The summed E-state index contributed by atoms with van der Waals surface area (Å²) < 4.78 is 0. The highest BCUT2D eigenvalue weighted by atomic mass is 32.1. The molecule has 1 N–H and O–H groups in total. The number of rotatable bonds is 1. The van der Waals surface area contributed by atoms with Gasteiger partial charge in [0.15, 0.2) is 0 Å². The zero-order valence-electron chi connectivity index (χ0n) is 11.8. The van der Waals surface area contributed by atoms with E-state index >= 15 is 0 Å². The van der Waals surface area contributed by atoms with Gasteiger partial charge in [0.05, 0.1) is 10.7 Å². The summed E-state index contributed by atoms with van der Waals surface area (Å²) >= 11 is 1.90. The zero-order valence-corrected chi connectivity index (χ0v) is 12.7. The molecule has 96 valence electrons. The van der Waals surface area contributed by atoms with Crippen LogP contribution in [-0.4, -0.2) is 12.0 Å². The largest absolute Gasteiger partial charge is 0.312 e. The van der Waals surface area contributed by atoms with Crippen molar-refractivity contribution in [2.75, 3.05) is 7.05 Å². The molecule has 0 saturated carbocycles. The van der Waals surface area contributed by atoms with Crippen molar-refractivity contribution in [1.29, 1.82) is 0 Å². The lowest BCUT2D eigenvalue weighted by atomic mass is 9.76. The molecule has 0 bridgehead atoms. The maximum absolute atomic E-state index is 4.89. The van der Waals surface area contributed by atoms with Gasteiger partial charge in [-0.25, -0.2) is 4.98 Å². The van der Waals surface area contributed by atoms with Gasteiger partial charge in [-0.05, 0) is 25.3 Å². The number of nitrogens with one attached hydrogen (secondary N) is 1. The summed E-state index contributed by atoms with van der Waals surface area (Å²) in [7, 11) is 2.06. The van der Waals surface area contributed by atoms with Crippen LogP contribution in [0.3, 0.4) is 0 Å². The third kappa shape index (κ3) is 2.55. The topological polar surface area (TPSA) is 24.9 Å². The molecular formula is C14H24N2S. The minimum absolute atomic E-state index is 0.171. The van der Waals surface area contributed by atoms with Crippen molar-refractivity contribution in [3.05, 3.63) is 15.6 Å². The van der Waals surface area contributed by atoms with Crippen molar-refractivity contribution in [3.63, 3.8) is 0 Å². The number of thiazole rings is 1. The number of hydrogen-bond donors (Lipinski definition) is 1. The first-order valence-corrected chi connectivity index (χ1v) is 7.22. The van der Waals surface area contributed by atoms with Crippen molar-refractivity contribution in [2.24, 2.45) is 5.41 Å². The summed E-state index contributed by atoms with van der Waals surface area (Å²) in [6.45, 7) is 11.4. The second kappa shape index (κ2) is 4.06. The first-order chi connectivity index (χ1) is 7.73. The molecule has 1 aliphatic rings. The molecular weight excluding hydrogens is 228 g/mol. The summed E-state index contributed by atoms with van der Waals surface area (Å²) in [4.78, 5) is 6.36. The van der Waals surface area contributed by atoms with Gasteiger partial charge in [0.25, 0.3) is 0 Å². The quantitative estimate of drug-likeness (QED) is 0.825. The van der Waals surface area contributed by atoms with Gasteiger partial charge in [-0.2, -0.15) is 0 Å². The molecule has 1 aromatic rings. The Morgan fingerprint density at radius 3 is 2.53 bits per heavy atom. The van der Waals surface area contributed by atoms with Crippen molar-refractivity contribution in [3.8, 4) is 0 Å². The smallest absolute Gasteiger partial charge is 0.0985 e. The van der Waals surface area contributed by atoms with Crippen LogP contribution >= 0.6 is 11.3 Å². The Labute approximate surface area is 109 Å². The van der Waals surface area contributed by atoms with E-state index in [0.717, 1.165) is 6.42 Å². The van der Waals surface area contributed by atoms with Gasteiger partial charge >= 0.3 is 0 Å². The molecule has 1 aliphatic carbocycles. The van der Waals surface area contributed by atoms with Crippen LogP contribution in [0.1, 0.15) is 62.7 Å². The second-order valence-electron chi connectivity index (χ2n) is 6.97. The minimum atomic E-state index is 0.171. The fourth-order valence-corrected chi connectivity index (χ4v) is 3.74. The second-order valence-corrected chi connectivity index (χ2v) is 8.00. The predicted molar refractivity (Wildman–Crippen MR) is 74.7 cm³/mol. The van der Waals surface area contributed by atoms with Gasteiger partial charge < -0.3 is 5.32 Å². The van der Waals surface area contributed by atoms with Crippen LogP contribution in [0, 0.1) is 5.41 Å². The molecule has 0 radical (unpaired) electrons. The van der Waals surface area contributed by atoms with Gasteiger partial charge in [0.1, 0.15) is 0 Å². The van der Waals surface area contributed by atoms with Crippen molar-refractivity contribution in [2.45, 2.75) is 58.9 Å². The van der Waals surface area contributed by atoms with Crippen LogP contribution in [0.4, 0.5) is 0 Å². The van der Waals surface area contributed by atoms with Gasteiger partial charge in [-0.3, -0.25) is 0 Å². The third-order valence-electron chi connectivity index (χ3n) is 3.44. The highest BCUT2D eigenvalue weighted by Crippen LogP contribution is 2.44. The van der Waals surface area contributed by atoms with Gasteiger partial charge in [0.2, 0.25) is 0 Å². The number of aromatic nitrogens is 1. The van der Waals surface area contributed by atoms with Crippen LogP contribution in [0.2, 0.25) is 0 Å². The van der Waals surface area contributed by atoms with E-state index in [0.29, 0.717) is 11.5 Å². The fourth-order valence-electron chi connectivity index (χ4n) is 2.49. The predicted octanol–water partition coefficient (Wildman–Crippen LogP) is 3.67. The molecule has 1 aromatic heterocycles. The van der Waals surface area contributed by atoms with Crippen molar-refractivity contribution in [1.82, 2.24) is 10.3 Å². The fraction of sp³-hybridized carbons (Fsp3) is 0.786. The molecule has 0 aliphatic heterocycles. The standard InChI is InChI=1S/C14H24N2S/c1-13(2,3)12-16-10-8-14(4,5)7-9(15-6)11(10)17-12/h9,15H,7-8H2,1-6H3. The SMILES string of the molecule is CNC1CC(C)(C)Cc2nc(C(C)(C)C)sc21. The third-order valence-corrected chi connectivity index (χ3v) is 5.07. The molecule has 1 atom stereocenters. The van der Waals surface area contributed by atoms with Gasteiger partial charge in [-0.15, -0.1) is 11.3 Å². The zero-order chi connectivity index (χ0) is 12.8. The van der Waals surface area contributed by atoms with E-state index in [2.05, 4.69) is 47.0 Å². The molecule has 0 fully saturated rings. The molecule has 2 rings (SSSR count). The van der Waals surface area contributed by atoms with Gasteiger partial charge in [-0.1, -0.05) is 34.6 Å². The lowest BCUT2D eigenvalue weighted by Gasteiger charge is -2.34. The van der Waals surface area contributed by atoms with Crippen molar-refractivity contribution < 1.29 is 0 Å². The Kier molecular flexibility index (Phi) is 3.11. The van der Waals surface area contributed by atoms with E-state index in [1.807, 2.05) is 11.3 Å². The Hall–Kier alpha value is -0.410. The van der Waals surface area contributed by atoms with E-state index in [1.165, 1.54) is 22.0 Å². The first-order valence-electron chi connectivity index (χ1n) is 6.40. The van der Waals surface area contributed by atoms with Gasteiger partial charge in [0, 0.05) is 16.3 Å².